The van der Waals surface area contributed by atoms with Gasteiger partial charge in [-0.2, -0.15) is 0 Å². The van der Waals surface area contributed by atoms with Crippen molar-refractivity contribution in [2.24, 2.45) is 0 Å². The van der Waals surface area contributed by atoms with Crippen LogP contribution in [-0.2, 0) is 0 Å². The first-order chi connectivity index (χ1) is 7.18. The molecule has 4 heteroatoms. The molecular weight excluding hydrogens is 233 g/mol. The van der Waals surface area contributed by atoms with Crippen LogP contribution < -0.4 is 0 Å². The minimum Gasteiger partial charge on any atom is -0.361 e. The van der Waals surface area contributed by atoms with Crippen LogP contribution in [0.3, 0.4) is 0 Å². The van der Waals surface area contributed by atoms with Crippen LogP contribution in [0.2, 0.25) is 0 Å². The molecule has 1 heterocycles. The van der Waals surface area contributed by atoms with E-state index in [4.69, 9.17) is 27.7 Å². The Hall–Kier alpha value is -0.990. The Balaban J connectivity index is 2.53. The smallest absolute Gasteiger partial charge is 0.134 e. The summed E-state index contributed by atoms with van der Waals surface area (Å²) in [5.74, 6) is 0.736. The number of halogens is 2. The third-order valence-electron chi connectivity index (χ3n) is 2.06. The van der Waals surface area contributed by atoms with Crippen molar-refractivity contribution in [3.05, 3.63) is 45.8 Å². The van der Waals surface area contributed by atoms with Crippen molar-refractivity contribution < 1.29 is 4.52 Å². The Kier molecular flexibility index (Phi) is 2.98. The fourth-order valence-electron chi connectivity index (χ4n) is 1.37. The highest BCUT2D eigenvalue weighted by Gasteiger charge is 2.15. The van der Waals surface area contributed by atoms with E-state index in [1.165, 1.54) is 0 Å². The molecule has 2 nitrogen and oxygen atoms in total. The van der Waals surface area contributed by atoms with E-state index in [-0.39, 0.29) is 0 Å². The van der Waals surface area contributed by atoms with Crippen LogP contribution in [0.1, 0.15) is 17.9 Å². The monoisotopic (exact) mass is 241 g/mol. The van der Waals surface area contributed by atoms with E-state index in [1.807, 2.05) is 31.2 Å². The van der Waals surface area contributed by atoms with Gasteiger partial charge in [-0.1, -0.05) is 40.5 Å². The van der Waals surface area contributed by atoms with Gasteiger partial charge in [-0.3, -0.25) is 0 Å². The van der Waals surface area contributed by atoms with Gasteiger partial charge in [-0.25, -0.2) is 0 Å². The summed E-state index contributed by atoms with van der Waals surface area (Å²) in [6.45, 7) is 1.83. The zero-order valence-electron chi connectivity index (χ0n) is 8.13. The van der Waals surface area contributed by atoms with Crippen LogP contribution in [0, 0.1) is 6.92 Å². The van der Waals surface area contributed by atoms with Gasteiger partial charge in [0, 0.05) is 16.7 Å². The fraction of sp³-hybridized carbons (Fsp3) is 0.182. The molecule has 0 N–H and O–H groups in total. The average molecular weight is 242 g/mol. The average Bonchev–Trinajstić information content (AvgIpc) is 2.52. The molecule has 0 aliphatic heterocycles. The first kappa shape index (κ1) is 10.5. The van der Waals surface area contributed by atoms with Crippen molar-refractivity contribution in [3.8, 4) is 0 Å². The van der Waals surface area contributed by atoms with Gasteiger partial charge in [0.15, 0.2) is 0 Å². The van der Waals surface area contributed by atoms with Gasteiger partial charge in [0.2, 0.25) is 0 Å². The van der Waals surface area contributed by atoms with Crippen LogP contribution in [-0.4, -0.2) is 5.16 Å². The van der Waals surface area contributed by atoms with Gasteiger partial charge in [0.25, 0.3) is 0 Å². The zero-order chi connectivity index (χ0) is 10.8. The van der Waals surface area contributed by atoms with Gasteiger partial charge in [0.1, 0.15) is 11.5 Å². The van der Waals surface area contributed by atoms with Crippen molar-refractivity contribution in [1.29, 1.82) is 0 Å². The van der Waals surface area contributed by atoms with Crippen molar-refractivity contribution in [2.75, 3.05) is 0 Å². The fourth-order valence-corrected chi connectivity index (χ4v) is 2.00. The lowest BCUT2D eigenvalue weighted by atomic mass is 10.1. The number of hydrogen-bond donors (Lipinski definition) is 0. The molecule has 0 radical (unpaired) electrons. The standard InChI is InChI=1S/C11H9Cl2NO/c1-7-6-10(14-15-7)11-8(12)4-2-3-5-9(11)13/h2,4-6H,3H2,1H3. The molecule has 0 atom stereocenters. The highest BCUT2D eigenvalue weighted by atomic mass is 35.5. The van der Waals surface area contributed by atoms with Gasteiger partial charge < -0.3 is 4.52 Å². The Morgan fingerprint density at radius 3 is 2.87 bits per heavy atom. The highest BCUT2D eigenvalue weighted by Crippen LogP contribution is 2.33. The summed E-state index contributed by atoms with van der Waals surface area (Å²) in [5, 5.41) is 5.10. The molecule has 0 bridgehead atoms. The molecule has 0 saturated heterocycles. The molecule has 0 unspecified atom stereocenters. The minimum atomic E-state index is 0.585. The van der Waals surface area contributed by atoms with Crippen LogP contribution >= 0.6 is 23.2 Å². The number of rotatable bonds is 1. The molecule has 0 spiro atoms. The van der Waals surface area contributed by atoms with Gasteiger partial charge in [0.05, 0.1) is 5.03 Å². The van der Waals surface area contributed by atoms with E-state index in [1.54, 1.807) is 0 Å². The third kappa shape index (κ3) is 2.16. The van der Waals surface area contributed by atoms with E-state index in [0.717, 1.165) is 17.8 Å². The van der Waals surface area contributed by atoms with E-state index in [2.05, 4.69) is 5.16 Å². The summed E-state index contributed by atoms with van der Waals surface area (Å²) in [6.07, 6.45) is 6.44. The molecule has 78 valence electrons. The van der Waals surface area contributed by atoms with Crippen LogP contribution in [0.25, 0.3) is 5.57 Å². The molecule has 0 fully saturated rings. The largest absolute Gasteiger partial charge is 0.361 e. The lowest BCUT2D eigenvalue weighted by Gasteiger charge is -2.01. The Bertz CT molecular complexity index is 469. The predicted octanol–water partition coefficient (Wildman–Crippen LogP) is 4.02. The number of hydrogen-bond acceptors (Lipinski definition) is 2. The Morgan fingerprint density at radius 1 is 1.40 bits per heavy atom. The van der Waals surface area contributed by atoms with Crippen LogP contribution in [0.15, 0.2) is 38.9 Å². The number of allylic oxidation sites excluding steroid dienone is 6. The summed E-state index contributed by atoms with van der Waals surface area (Å²) in [7, 11) is 0. The molecule has 1 aromatic heterocycles. The van der Waals surface area contributed by atoms with Gasteiger partial charge >= 0.3 is 0 Å². The molecule has 1 aliphatic rings. The summed E-state index contributed by atoms with van der Waals surface area (Å²) in [4.78, 5) is 0. The maximum atomic E-state index is 6.12. The summed E-state index contributed by atoms with van der Waals surface area (Å²) in [5.41, 5.74) is 1.40. The number of aromatic nitrogens is 1. The molecule has 2 rings (SSSR count). The minimum absolute atomic E-state index is 0.585. The summed E-state index contributed by atoms with van der Waals surface area (Å²) in [6, 6.07) is 1.81. The number of aryl methyl sites for hydroxylation is 1. The topological polar surface area (TPSA) is 26.0 Å². The molecule has 0 saturated carbocycles. The molecular formula is C11H9Cl2NO. The molecule has 1 aliphatic carbocycles. The quantitative estimate of drug-likeness (QED) is 0.743. The molecule has 0 aromatic carbocycles. The maximum absolute atomic E-state index is 6.12. The van der Waals surface area contributed by atoms with Crippen LogP contribution in [0.4, 0.5) is 0 Å². The second-order valence-electron chi connectivity index (χ2n) is 3.24. The van der Waals surface area contributed by atoms with E-state index in [0.29, 0.717) is 15.8 Å². The van der Waals surface area contributed by atoms with Gasteiger partial charge in [-0.05, 0) is 19.4 Å². The first-order valence-electron chi connectivity index (χ1n) is 4.54. The van der Waals surface area contributed by atoms with Crippen molar-refractivity contribution in [3.63, 3.8) is 0 Å². The number of nitrogens with zero attached hydrogens (tertiary/aromatic N) is 1. The van der Waals surface area contributed by atoms with E-state index < -0.39 is 0 Å². The Labute approximate surface area is 97.8 Å². The summed E-state index contributed by atoms with van der Waals surface area (Å²) < 4.78 is 5.00. The molecule has 15 heavy (non-hydrogen) atoms. The molecule has 0 amide bonds. The zero-order valence-corrected chi connectivity index (χ0v) is 9.64. The lowest BCUT2D eigenvalue weighted by molar-refractivity contribution is 0.396. The van der Waals surface area contributed by atoms with Crippen LogP contribution in [0.5, 0.6) is 0 Å². The first-order valence-corrected chi connectivity index (χ1v) is 5.30. The SMILES string of the molecule is Cc1cc(C2=C(Cl)C=CCC=C2Cl)no1. The normalized spacial score (nSPS) is 16.6. The molecule has 1 aromatic rings. The van der Waals surface area contributed by atoms with Crippen molar-refractivity contribution in [1.82, 2.24) is 5.16 Å². The summed E-state index contributed by atoms with van der Waals surface area (Å²) >= 11 is 12.2. The van der Waals surface area contributed by atoms with Crippen molar-refractivity contribution >= 4 is 28.8 Å². The lowest BCUT2D eigenvalue weighted by Crippen LogP contribution is -1.86. The highest BCUT2D eigenvalue weighted by molar-refractivity contribution is 6.42. The van der Waals surface area contributed by atoms with Gasteiger partial charge in [-0.15, -0.1) is 0 Å². The second-order valence-corrected chi connectivity index (χ2v) is 4.05. The van der Waals surface area contributed by atoms with E-state index in [9.17, 15) is 0 Å². The third-order valence-corrected chi connectivity index (χ3v) is 2.72. The van der Waals surface area contributed by atoms with E-state index >= 15 is 0 Å². The Morgan fingerprint density at radius 2 is 2.20 bits per heavy atom. The predicted molar refractivity (Wildman–Crippen MR) is 61.7 cm³/mol. The maximum Gasteiger partial charge on any atom is 0.134 e. The van der Waals surface area contributed by atoms with Crippen molar-refractivity contribution in [2.45, 2.75) is 13.3 Å². The second kappa shape index (κ2) is 4.25.